The number of alkyl halides is 1. The topological polar surface area (TPSA) is 37.4 Å². The number of likely N-dealkylation sites (tertiary alicyclic amines) is 1. The predicted molar refractivity (Wildman–Crippen MR) is 62.7 cm³/mol. The van der Waals surface area contributed by atoms with Gasteiger partial charge < -0.3 is 0 Å². The molecule has 0 aliphatic carbocycles. The van der Waals surface area contributed by atoms with Gasteiger partial charge in [-0.15, -0.1) is 0 Å². The second kappa shape index (κ2) is 4.64. The number of carbonyl (C=O) groups is 2. The van der Waals surface area contributed by atoms with E-state index in [2.05, 4.69) is 36.7 Å². The molecule has 1 rings (SSSR count). The lowest BCUT2D eigenvalue weighted by molar-refractivity contribution is -0.139. The summed E-state index contributed by atoms with van der Waals surface area (Å²) < 4.78 is 0. The fourth-order valence-electron chi connectivity index (χ4n) is 1.60. The molecule has 0 aromatic heterocycles. The number of hydrogen-bond acceptors (Lipinski definition) is 2. The first-order valence-electron chi connectivity index (χ1n) is 5.25. The van der Waals surface area contributed by atoms with Crippen LogP contribution < -0.4 is 0 Å². The number of imide groups is 1. The summed E-state index contributed by atoms with van der Waals surface area (Å²) in [5.74, 6) is 0.272. The third kappa shape index (κ3) is 3.03. The molecule has 4 heteroatoms. The Balaban J connectivity index is 2.67. The summed E-state index contributed by atoms with van der Waals surface area (Å²) in [5.41, 5.74) is 0.104. The molecule has 0 bridgehead atoms. The van der Waals surface area contributed by atoms with Gasteiger partial charge in [0.25, 0.3) is 0 Å². The summed E-state index contributed by atoms with van der Waals surface area (Å²) in [5, 5.41) is 0.813. The van der Waals surface area contributed by atoms with Gasteiger partial charge in [0.15, 0.2) is 0 Å². The van der Waals surface area contributed by atoms with Gasteiger partial charge in [-0.25, -0.2) is 0 Å². The first kappa shape index (κ1) is 12.7. The molecule has 0 spiro atoms. The minimum atomic E-state index is -0.0183. The van der Waals surface area contributed by atoms with Crippen LogP contribution >= 0.6 is 15.9 Å². The Bertz CT molecular complexity index is 254. The van der Waals surface area contributed by atoms with Gasteiger partial charge in [0, 0.05) is 24.7 Å². The van der Waals surface area contributed by atoms with Gasteiger partial charge >= 0.3 is 0 Å². The highest BCUT2D eigenvalue weighted by Crippen LogP contribution is 2.29. The third-order valence-corrected chi connectivity index (χ3v) is 3.75. The Labute approximate surface area is 99.3 Å². The normalized spacial score (nSPS) is 19.9. The molecular weight excluding hydrogens is 258 g/mol. The van der Waals surface area contributed by atoms with E-state index in [1.807, 2.05) is 0 Å². The van der Waals surface area contributed by atoms with Crippen molar-refractivity contribution in [2.75, 3.05) is 11.9 Å². The van der Waals surface area contributed by atoms with Crippen LogP contribution in [-0.2, 0) is 9.59 Å². The molecule has 2 amide bonds. The molecule has 0 aromatic rings. The zero-order chi connectivity index (χ0) is 11.6. The molecule has 0 saturated carbocycles. The van der Waals surface area contributed by atoms with E-state index in [0.717, 1.165) is 5.33 Å². The summed E-state index contributed by atoms with van der Waals surface area (Å²) in [7, 11) is 0. The number of rotatable bonds is 3. The summed E-state index contributed by atoms with van der Waals surface area (Å²) in [6, 6.07) is 0. The fourth-order valence-corrected chi connectivity index (χ4v) is 2.78. The average molecular weight is 276 g/mol. The number of carbonyl (C=O) groups excluding carboxylic acids is 2. The van der Waals surface area contributed by atoms with E-state index in [1.165, 1.54) is 4.90 Å². The van der Waals surface area contributed by atoms with Crippen LogP contribution in [0.1, 0.15) is 33.6 Å². The van der Waals surface area contributed by atoms with Crippen LogP contribution in [0.5, 0.6) is 0 Å². The monoisotopic (exact) mass is 275 g/mol. The molecule has 1 saturated heterocycles. The van der Waals surface area contributed by atoms with Crippen molar-refractivity contribution < 1.29 is 9.59 Å². The van der Waals surface area contributed by atoms with Crippen LogP contribution in [0.3, 0.4) is 0 Å². The van der Waals surface area contributed by atoms with E-state index in [1.54, 1.807) is 0 Å². The maximum Gasteiger partial charge on any atom is 0.229 e. The Morgan fingerprint density at radius 2 is 1.73 bits per heavy atom. The standard InChI is InChI=1S/C11H18BrNO2/c1-11(2,3)8(6-12)7-13-9(14)4-5-10(13)15/h8H,4-7H2,1-3H3. The van der Waals surface area contributed by atoms with E-state index in [4.69, 9.17) is 0 Å². The zero-order valence-electron chi connectivity index (χ0n) is 9.55. The minimum Gasteiger partial charge on any atom is -0.282 e. The smallest absolute Gasteiger partial charge is 0.229 e. The van der Waals surface area contributed by atoms with Gasteiger partial charge in [-0.1, -0.05) is 36.7 Å². The molecule has 1 fully saturated rings. The SMILES string of the molecule is CC(C)(C)C(CBr)CN1C(=O)CCC1=O. The highest BCUT2D eigenvalue weighted by atomic mass is 79.9. The highest BCUT2D eigenvalue weighted by molar-refractivity contribution is 9.09. The average Bonchev–Trinajstić information content (AvgIpc) is 2.41. The van der Waals surface area contributed by atoms with Crippen molar-refractivity contribution in [3.8, 4) is 0 Å². The van der Waals surface area contributed by atoms with Crippen LogP contribution in [0.2, 0.25) is 0 Å². The molecule has 0 N–H and O–H groups in total. The zero-order valence-corrected chi connectivity index (χ0v) is 11.1. The third-order valence-electron chi connectivity index (χ3n) is 2.97. The molecule has 1 unspecified atom stereocenters. The maximum atomic E-state index is 11.5. The van der Waals surface area contributed by atoms with Crippen molar-refractivity contribution in [1.82, 2.24) is 4.90 Å². The van der Waals surface area contributed by atoms with Crippen molar-refractivity contribution in [1.29, 1.82) is 0 Å². The molecule has 1 heterocycles. The quantitative estimate of drug-likeness (QED) is 0.585. The van der Waals surface area contributed by atoms with E-state index in [9.17, 15) is 9.59 Å². The number of halogens is 1. The number of nitrogens with zero attached hydrogens (tertiary/aromatic N) is 1. The molecule has 86 valence electrons. The highest BCUT2D eigenvalue weighted by Gasteiger charge is 2.34. The molecular formula is C11H18BrNO2. The molecule has 15 heavy (non-hydrogen) atoms. The van der Waals surface area contributed by atoms with E-state index in [-0.39, 0.29) is 17.2 Å². The Morgan fingerprint density at radius 3 is 2.07 bits per heavy atom. The van der Waals surface area contributed by atoms with Crippen LogP contribution in [0.25, 0.3) is 0 Å². The molecule has 0 aromatic carbocycles. The molecule has 1 atom stereocenters. The molecule has 0 radical (unpaired) electrons. The first-order chi connectivity index (χ1) is 6.86. The van der Waals surface area contributed by atoms with E-state index >= 15 is 0 Å². The Hall–Kier alpha value is -0.380. The summed E-state index contributed by atoms with van der Waals surface area (Å²) in [6.45, 7) is 6.93. The summed E-state index contributed by atoms with van der Waals surface area (Å²) in [4.78, 5) is 24.3. The molecule has 3 nitrogen and oxygen atoms in total. The second-order valence-corrected chi connectivity index (χ2v) is 5.76. The van der Waals surface area contributed by atoms with Gasteiger partial charge in [0.1, 0.15) is 0 Å². The van der Waals surface area contributed by atoms with Crippen molar-refractivity contribution in [2.24, 2.45) is 11.3 Å². The Morgan fingerprint density at radius 1 is 1.27 bits per heavy atom. The van der Waals surface area contributed by atoms with Crippen molar-refractivity contribution >= 4 is 27.7 Å². The van der Waals surface area contributed by atoms with Gasteiger partial charge in [-0.3, -0.25) is 14.5 Å². The van der Waals surface area contributed by atoms with Gasteiger partial charge in [0.05, 0.1) is 0 Å². The fraction of sp³-hybridized carbons (Fsp3) is 0.818. The van der Waals surface area contributed by atoms with Crippen molar-refractivity contribution in [3.05, 3.63) is 0 Å². The van der Waals surface area contributed by atoms with Gasteiger partial charge in [0.2, 0.25) is 11.8 Å². The number of hydrogen-bond donors (Lipinski definition) is 0. The molecule has 1 aliphatic rings. The maximum absolute atomic E-state index is 11.5. The van der Waals surface area contributed by atoms with Crippen molar-refractivity contribution in [2.45, 2.75) is 33.6 Å². The Kier molecular flexibility index (Phi) is 3.93. The minimum absolute atomic E-state index is 0.0183. The predicted octanol–water partition coefficient (Wildman–Crippen LogP) is 2.19. The van der Waals surface area contributed by atoms with Crippen LogP contribution in [0.4, 0.5) is 0 Å². The van der Waals surface area contributed by atoms with Crippen molar-refractivity contribution in [3.63, 3.8) is 0 Å². The lowest BCUT2D eigenvalue weighted by atomic mass is 9.82. The van der Waals surface area contributed by atoms with Gasteiger partial charge in [-0.2, -0.15) is 0 Å². The first-order valence-corrected chi connectivity index (χ1v) is 6.37. The summed E-state index contributed by atoms with van der Waals surface area (Å²) in [6.07, 6.45) is 0.774. The van der Waals surface area contributed by atoms with Gasteiger partial charge in [-0.05, 0) is 11.3 Å². The lowest BCUT2D eigenvalue weighted by Gasteiger charge is -2.31. The van der Waals surface area contributed by atoms with E-state index in [0.29, 0.717) is 25.3 Å². The lowest BCUT2D eigenvalue weighted by Crippen LogP contribution is -2.39. The van der Waals surface area contributed by atoms with Crippen LogP contribution in [0.15, 0.2) is 0 Å². The summed E-state index contributed by atoms with van der Waals surface area (Å²) >= 11 is 3.45. The van der Waals surface area contributed by atoms with E-state index < -0.39 is 0 Å². The largest absolute Gasteiger partial charge is 0.282 e. The number of amides is 2. The van der Waals surface area contributed by atoms with Crippen LogP contribution in [0, 0.1) is 11.3 Å². The second-order valence-electron chi connectivity index (χ2n) is 5.12. The molecule has 1 aliphatic heterocycles. The van der Waals surface area contributed by atoms with Crippen LogP contribution in [-0.4, -0.2) is 28.6 Å².